The summed E-state index contributed by atoms with van der Waals surface area (Å²) in [7, 11) is 1.79. The molecule has 2 unspecified atom stereocenters. The van der Waals surface area contributed by atoms with Crippen LogP contribution in [0.4, 0.5) is 13.2 Å². The number of imidazole rings is 1. The molecule has 0 bridgehead atoms. The van der Waals surface area contributed by atoms with Crippen molar-refractivity contribution in [2.45, 2.75) is 31.6 Å². The second-order valence-electron chi connectivity index (χ2n) is 8.97. The molecular weight excluding hydrogens is 471 g/mol. The zero-order valence-corrected chi connectivity index (χ0v) is 19.2. The fourth-order valence-electron chi connectivity index (χ4n) is 4.87. The third kappa shape index (κ3) is 4.08. The summed E-state index contributed by atoms with van der Waals surface area (Å²) in [5.41, 5.74) is 6.74. The molecule has 0 spiro atoms. The standard InChI is InChI=1S/C26H22F3N5O2/c1-34-23(25-31-20-10-17-12-30-13-18(17)11-21(20)32-25)24(35)22(33-34)15-7-5-14(6-8-15)16-3-2-4-19(9-16)36-26(27,28)29/h2-11,23-24,30,35H,12-13H2,1H3,(H,31,32). The lowest BCUT2D eigenvalue weighted by Gasteiger charge is -2.19. The Labute approximate surface area is 204 Å². The van der Waals surface area contributed by atoms with Crippen LogP contribution >= 0.6 is 0 Å². The highest BCUT2D eigenvalue weighted by Gasteiger charge is 2.38. The Balaban J connectivity index is 1.24. The Kier molecular flexibility index (Phi) is 5.24. The van der Waals surface area contributed by atoms with Gasteiger partial charge >= 0.3 is 6.36 Å². The van der Waals surface area contributed by atoms with Crippen molar-refractivity contribution in [2.75, 3.05) is 7.05 Å². The van der Waals surface area contributed by atoms with E-state index in [0.29, 0.717) is 28.2 Å². The maximum absolute atomic E-state index is 12.6. The monoisotopic (exact) mass is 493 g/mol. The minimum atomic E-state index is -4.75. The molecule has 3 aromatic carbocycles. The van der Waals surface area contributed by atoms with Crippen molar-refractivity contribution < 1.29 is 23.0 Å². The first-order valence-corrected chi connectivity index (χ1v) is 11.4. The zero-order valence-electron chi connectivity index (χ0n) is 19.2. The Morgan fingerprint density at radius 1 is 0.972 bits per heavy atom. The van der Waals surface area contributed by atoms with Crippen LogP contribution in [0.25, 0.3) is 22.2 Å². The number of likely N-dealkylation sites (N-methyl/N-ethyl adjacent to an activating group) is 1. The summed E-state index contributed by atoms with van der Waals surface area (Å²) in [5.74, 6) is 0.352. The van der Waals surface area contributed by atoms with E-state index >= 15 is 0 Å². The zero-order chi connectivity index (χ0) is 25.0. The Morgan fingerprint density at radius 2 is 1.69 bits per heavy atom. The van der Waals surface area contributed by atoms with Gasteiger partial charge in [-0.2, -0.15) is 5.10 Å². The minimum absolute atomic E-state index is 0.281. The summed E-state index contributed by atoms with van der Waals surface area (Å²) in [6.45, 7) is 1.65. The predicted octanol–water partition coefficient (Wildman–Crippen LogP) is 4.48. The number of nitrogens with one attached hydrogen (secondary N) is 2. The van der Waals surface area contributed by atoms with Gasteiger partial charge < -0.3 is 20.1 Å². The molecular formula is C26H22F3N5O2. The van der Waals surface area contributed by atoms with E-state index in [0.717, 1.165) is 24.1 Å². The number of ether oxygens (including phenoxy) is 1. The number of hydrogen-bond donors (Lipinski definition) is 3. The van der Waals surface area contributed by atoms with E-state index in [1.807, 2.05) is 0 Å². The van der Waals surface area contributed by atoms with Gasteiger partial charge in [0.15, 0.2) is 0 Å². The molecule has 0 radical (unpaired) electrons. The van der Waals surface area contributed by atoms with Gasteiger partial charge in [-0.25, -0.2) is 4.98 Å². The van der Waals surface area contributed by atoms with Crippen LogP contribution < -0.4 is 10.1 Å². The lowest BCUT2D eigenvalue weighted by molar-refractivity contribution is -0.274. The smallest absolute Gasteiger partial charge is 0.406 e. The third-order valence-corrected chi connectivity index (χ3v) is 6.56. The van der Waals surface area contributed by atoms with Crippen LogP contribution in [0.5, 0.6) is 5.75 Å². The van der Waals surface area contributed by atoms with Crippen LogP contribution in [0.1, 0.15) is 28.6 Å². The molecule has 184 valence electrons. The Hall–Kier alpha value is -3.89. The lowest BCUT2D eigenvalue weighted by atomic mass is 9.97. The van der Waals surface area contributed by atoms with Crippen LogP contribution in [-0.4, -0.2) is 45.3 Å². The largest absolute Gasteiger partial charge is 0.573 e. The first-order valence-electron chi connectivity index (χ1n) is 11.4. The molecule has 4 aromatic rings. The number of H-pyrrole nitrogens is 1. The summed E-state index contributed by atoms with van der Waals surface area (Å²) < 4.78 is 41.7. The quantitative estimate of drug-likeness (QED) is 0.390. The van der Waals surface area contributed by atoms with Gasteiger partial charge in [0.05, 0.1) is 16.7 Å². The molecule has 0 amide bonds. The number of benzene rings is 3. The molecule has 0 aliphatic carbocycles. The van der Waals surface area contributed by atoms with Gasteiger partial charge in [-0.15, -0.1) is 13.2 Å². The van der Waals surface area contributed by atoms with Crippen molar-refractivity contribution in [3.05, 3.63) is 83.2 Å². The number of halogens is 3. The number of aliphatic hydroxyl groups is 1. The predicted molar refractivity (Wildman–Crippen MR) is 128 cm³/mol. The first-order chi connectivity index (χ1) is 17.2. The van der Waals surface area contributed by atoms with E-state index in [1.165, 1.54) is 29.3 Å². The molecule has 10 heteroatoms. The van der Waals surface area contributed by atoms with Gasteiger partial charge in [0.2, 0.25) is 0 Å². The molecule has 6 rings (SSSR count). The van der Waals surface area contributed by atoms with Gasteiger partial charge in [-0.05, 0) is 46.5 Å². The SMILES string of the molecule is CN1N=C(c2ccc(-c3cccc(OC(F)(F)F)c3)cc2)C(O)C1c1nc2cc3c(cc2[nH]1)CNC3. The van der Waals surface area contributed by atoms with E-state index in [9.17, 15) is 18.3 Å². The van der Waals surface area contributed by atoms with Crippen LogP contribution in [-0.2, 0) is 13.1 Å². The van der Waals surface area contributed by atoms with E-state index < -0.39 is 18.5 Å². The van der Waals surface area contributed by atoms with Gasteiger partial charge in [-0.3, -0.25) is 5.01 Å². The molecule has 1 aromatic heterocycles. The molecule has 36 heavy (non-hydrogen) atoms. The topological polar surface area (TPSA) is 85.8 Å². The Bertz CT molecular complexity index is 1440. The van der Waals surface area contributed by atoms with Crippen LogP contribution in [0.15, 0.2) is 65.8 Å². The Morgan fingerprint density at radius 3 is 2.44 bits per heavy atom. The molecule has 0 saturated carbocycles. The molecule has 0 saturated heterocycles. The lowest BCUT2D eigenvalue weighted by Crippen LogP contribution is -2.29. The van der Waals surface area contributed by atoms with Crippen molar-refractivity contribution >= 4 is 16.7 Å². The van der Waals surface area contributed by atoms with Crippen molar-refractivity contribution in [2.24, 2.45) is 5.10 Å². The number of aromatic nitrogens is 2. The number of aliphatic hydroxyl groups excluding tert-OH is 1. The van der Waals surface area contributed by atoms with Gasteiger partial charge in [0, 0.05) is 25.7 Å². The summed E-state index contributed by atoms with van der Waals surface area (Å²) in [4.78, 5) is 8.08. The summed E-state index contributed by atoms with van der Waals surface area (Å²) in [6.07, 6.45) is -5.67. The fourth-order valence-corrected chi connectivity index (χ4v) is 4.87. The highest BCUT2D eigenvalue weighted by Crippen LogP contribution is 2.33. The van der Waals surface area contributed by atoms with Gasteiger partial charge in [0.25, 0.3) is 0 Å². The second kappa shape index (κ2) is 8.35. The number of rotatable bonds is 4. The van der Waals surface area contributed by atoms with E-state index in [2.05, 4.69) is 32.3 Å². The normalized spacial score (nSPS) is 19.6. The van der Waals surface area contributed by atoms with E-state index in [-0.39, 0.29) is 5.75 Å². The van der Waals surface area contributed by atoms with E-state index in [1.54, 1.807) is 42.4 Å². The molecule has 2 aliphatic heterocycles. The van der Waals surface area contributed by atoms with Crippen molar-refractivity contribution in [1.82, 2.24) is 20.3 Å². The fraction of sp³-hybridized carbons (Fsp3) is 0.231. The summed E-state index contributed by atoms with van der Waals surface area (Å²) >= 11 is 0. The molecule has 7 nitrogen and oxygen atoms in total. The van der Waals surface area contributed by atoms with Crippen molar-refractivity contribution in [1.29, 1.82) is 0 Å². The average Bonchev–Trinajstić information content (AvgIpc) is 3.53. The summed E-state index contributed by atoms with van der Waals surface area (Å²) in [6, 6.07) is 16.6. The maximum Gasteiger partial charge on any atom is 0.573 e. The van der Waals surface area contributed by atoms with Crippen LogP contribution in [0.2, 0.25) is 0 Å². The van der Waals surface area contributed by atoms with Gasteiger partial charge in [-0.1, -0.05) is 36.4 Å². The molecule has 2 aliphatic rings. The molecule has 0 fully saturated rings. The average molecular weight is 493 g/mol. The number of nitrogens with zero attached hydrogens (tertiary/aromatic N) is 3. The second-order valence-corrected chi connectivity index (χ2v) is 8.97. The number of fused-ring (bicyclic) bond motifs is 2. The number of hydrogen-bond acceptors (Lipinski definition) is 6. The third-order valence-electron chi connectivity index (χ3n) is 6.56. The van der Waals surface area contributed by atoms with Crippen molar-refractivity contribution in [3.8, 4) is 16.9 Å². The maximum atomic E-state index is 12.6. The highest BCUT2D eigenvalue weighted by molar-refractivity contribution is 6.05. The molecule has 2 atom stereocenters. The molecule has 3 N–H and O–H groups in total. The highest BCUT2D eigenvalue weighted by atomic mass is 19.4. The van der Waals surface area contributed by atoms with Gasteiger partial charge in [0.1, 0.15) is 23.7 Å². The molecule has 3 heterocycles. The minimum Gasteiger partial charge on any atom is -0.406 e. The van der Waals surface area contributed by atoms with Crippen LogP contribution in [0, 0.1) is 0 Å². The number of hydrazone groups is 1. The number of alkyl halides is 3. The van der Waals surface area contributed by atoms with Crippen molar-refractivity contribution in [3.63, 3.8) is 0 Å². The summed E-state index contributed by atoms with van der Waals surface area (Å²) in [5, 5.41) is 20.8. The van der Waals surface area contributed by atoms with E-state index in [4.69, 9.17) is 4.98 Å². The first kappa shape index (κ1) is 22.6. The number of aromatic amines is 1. The van der Waals surface area contributed by atoms with Crippen LogP contribution in [0.3, 0.4) is 0 Å².